The first-order valence-electron chi connectivity index (χ1n) is 10.9. The average molecular weight is 476 g/mol. The van der Waals surface area contributed by atoms with Crippen LogP contribution in [0, 0.1) is 0 Å². The van der Waals surface area contributed by atoms with Crippen LogP contribution in [-0.4, -0.2) is 51.3 Å². The highest BCUT2D eigenvalue weighted by atomic mass is 35.5. The number of aromatic nitrogens is 3. The van der Waals surface area contributed by atoms with Crippen molar-refractivity contribution in [1.29, 1.82) is 0 Å². The number of para-hydroxylation sites is 2. The number of hydrogen-bond acceptors (Lipinski definition) is 5. The first kappa shape index (κ1) is 21.9. The normalized spacial score (nSPS) is 13.9. The van der Waals surface area contributed by atoms with Crippen molar-refractivity contribution < 1.29 is 4.79 Å². The van der Waals surface area contributed by atoms with Crippen LogP contribution in [0.25, 0.3) is 16.6 Å². The summed E-state index contributed by atoms with van der Waals surface area (Å²) in [5.74, 6) is -0.183. The maximum absolute atomic E-state index is 13.3. The van der Waals surface area contributed by atoms with E-state index in [2.05, 4.69) is 5.10 Å². The van der Waals surface area contributed by atoms with Crippen LogP contribution >= 0.6 is 11.6 Å². The lowest BCUT2D eigenvalue weighted by molar-refractivity contribution is 0.0748. The topological polar surface area (TPSA) is 80.4 Å². The van der Waals surface area contributed by atoms with E-state index >= 15 is 0 Å². The van der Waals surface area contributed by atoms with E-state index in [9.17, 15) is 14.4 Å². The third kappa shape index (κ3) is 3.76. The molecule has 1 saturated heterocycles. The van der Waals surface area contributed by atoms with Crippen LogP contribution in [0.5, 0.6) is 0 Å². The number of carbonyl (C=O) groups excluding carboxylic acids is 1. The van der Waals surface area contributed by atoms with Crippen LogP contribution < -0.4 is 16.0 Å². The monoisotopic (exact) mass is 475 g/mol. The van der Waals surface area contributed by atoms with E-state index in [0.29, 0.717) is 48.6 Å². The number of nitrogens with zero attached hydrogens (tertiary/aromatic N) is 5. The summed E-state index contributed by atoms with van der Waals surface area (Å²) < 4.78 is 2.81. The molecule has 0 unspecified atom stereocenters. The van der Waals surface area contributed by atoms with E-state index in [1.165, 1.54) is 15.3 Å². The summed E-state index contributed by atoms with van der Waals surface area (Å²) in [5.41, 5.74) is 1.68. The summed E-state index contributed by atoms with van der Waals surface area (Å²) >= 11 is 6.44. The SMILES string of the molecule is Cn1c(=O)cc(C(=O)N2CCN(c3cnn(-c4ccccc4)c(=O)c3Cl)CC2)c2ccccc21. The van der Waals surface area contributed by atoms with Crippen molar-refractivity contribution in [3.8, 4) is 5.69 Å². The van der Waals surface area contributed by atoms with Crippen molar-refractivity contribution in [3.05, 3.63) is 98.2 Å². The molecule has 2 aromatic heterocycles. The molecule has 0 spiro atoms. The predicted molar refractivity (Wildman–Crippen MR) is 132 cm³/mol. The molecular weight excluding hydrogens is 454 g/mol. The molecular formula is C25H22ClN5O3. The van der Waals surface area contributed by atoms with Crippen LogP contribution in [0.15, 0.2) is 76.4 Å². The van der Waals surface area contributed by atoms with Gasteiger partial charge in [-0.05, 0) is 18.2 Å². The summed E-state index contributed by atoms with van der Waals surface area (Å²) in [5, 5.41) is 5.14. The van der Waals surface area contributed by atoms with E-state index < -0.39 is 5.56 Å². The van der Waals surface area contributed by atoms with Crippen molar-refractivity contribution in [2.24, 2.45) is 7.05 Å². The lowest BCUT2D eigenvalue weighted by atomic mass is 10.1. The maximum atomic E-state index is 13.3. The minimum Gasteiger partial charge on any atom is -0.365 e. The van der Waals surface area contributed by atoms with Crippen LogP contribution in [0.2, 0.25) is 5.02 Å². The quantitative estimate of drug-likeness (QED) is 0.455. The van der Waals surface area contributed by atoms with Gasteiger partial charge in [0.2, 0.25) is 0 Å². The Morgan fingerprint density at radius 2 is 1.62 bits per heavy atom. The fraction of sp³-hybridized carbons (Fsp3) is 0.200. The Labute approximate surface area is 200 Å². The molecule has 0 radical (unpaired) electrons. The molecule has 3 heterocycles. The molecule has 34 heavy (non-hydrogen) atoms. The summed E-state index contributed by atoms with van der Waals surface area (Å²) in [6.45, 7) is 1.84. The molecule has 1 aliphatic rings. The molecule has 1 aliphatic heterocycles. The van der Waals surface area contributed by atoms with Gasteiger partial charge in [-0.3, -0.25) is 14.4 Å². The number of piperazine rings is 1. The van der Waals surface area contributed by atoms with Gasteiger partial charge >= 0.3 is 0 Å². The van der Waals surface area contributed by atoms with Gasteiger partial charge in [-0.2, -0.15) is 9.78 Å². The van der Waals surface area contributed by atoms with E-state index in [1.807, 2.05) is 47.4 Å². The number of amides is 1. The number of benzene rings is 2. The molecule has 0 atom stereocenters. The molecule has 1 amide bonds. The molecule has 0 N–H and O–H groups in total. The number of fused-ring (bicyclic) bond motifs is 1. The van der Waals surface area contributed by atoms with Gasteiger partial charge in [0.15, 0.2) is 0 Å². The Hall–Kier alpha value is -3.91. The molecule has 172 valence electrons. The molecule has 4 aromatic rings. The van der Waals surface area contributed by atoms with Crippen LogP contribution in [0.4, 0.5) is 5.69 Å². The van der Waals surface area contributed by atoms with E-state index in [-0.39, 0.29) is 16.5 Å². The van der Waals surface area contributed by atoms with Crippen molar-refractivity contribution in [3.63, 3.8) is 0 Å². The number of rotatable bonds is 3. The van der Waals surface area contributed by atoms with Gasteiger partial charge in [-0.25, -0.2) is 0 Å². The van der Waals surface area contributed by atoms with E-state index in [1.54, 1.807) is 30.3 Å². The Morgan fingerprint density at radius 3 is 2.35 bits per heavy atom. The Balaban J connectivity index is 1.37. The van der Waals surface area contributed by atoms with Crippen molar-refractivity contribution in [2.75, 3.05) is 31.1 Å². The summed E-state index contributed by atoms with van der Waals surface area (Å²) in [6.07, 6.45) is 1.59. The molecule has 9 heteroatoms. The molecule has 2 aromatic carbocycles. The number of hydrogen-bond donors (Lipinski definition) is 0. The molecule has 0 saturated carbocycles. The molecule has 1 fully saturated rings. The first-order valence-corrected chi connectivity index (χ1v) is 11.3. The van der Waals surface area contributed by atoms with E-state index in [4.69, 9.17) is 11.6 Å². The van der Waals surface area contributed by atoms with Crippen molar-refractivity contribution in [2.45, 2.75) is 0 Å². The minimum absolute atomic E-state index is 0.0937. The van der Waals surface area contributed by atoms with Gasteiger partial charge < -0.3 is 14.4 Å². The predicted octanol–water partition coefficient (Wildman–Crippen LogP) is 2.70. The first-order chi connectivity index (χ1) is 16.5. The number of pyridine rings is 1. The van der Waals surface area contributed by atoms with Gasteiger partial charge in [0.25, 0.3) is 17.0 Å². The van der Waals surface area contributed by atoms with Gasteiger partial charge in [-0.15, -0.1) is 0 Å². The van der Waals surface area contributed by atoms with Gasteiger partial charge in [0.05, 0.1) is 28.7 Å². The Bertz CT molecular complexity index is 1510. The van der Waals surface area contributed by atoms with Crippen molar-refractivity contribution >= 4 is 34.1 Å². The van der Waals surface area contributed by atoms with Gasteiger partial charge in [0.1, 0.15) is 5.02 Å². The fourth-order valence-electron chi connectivity index (χ4n) is 4.31. The lowest BCUT2D eigenvalue weighted by Crippen LogP contribution is -2.49. The Kier molecular flexibility index (Phi) is 5.67. The average Bonchev–Trinajstić information content (AvgIpc) is 2.88. The number of anilines is 1. The van der Waals surface area contributed by atoms with Crippen LogP contribution in [0.1, 0.15) is 10.4 Å². The van der Waals surface area contributed by atoms with Crippen LogP contribution in [0.3, 0.4) is 0 Å². The van der Waals surface area contributed by atoms with Crippen molar-refractivity contribution in [1.82, 2.24) is 19.2 Å². The zero-order valence-electron chi connectivity index (χ0n) is 18.5. The number of carbonyl (C=O) groups is 1. The lowest BCUT2D eigenvalue weighted by Gasteiger charge is -2.36. The molecule has 0 bridgehead atoms. The highest BCUT2D eigenvalue weighted by Gasteiger charge is 2.26. The molecule has 8 nitrogen and oxygen atoms in total. The fourth-order valence-corrected chi connectivity index (χ4v) is 4.55. The zero-order valence-corrected chi connectivity index (χ0v) is 19.3. The number of halogens is 1. The van der Waals surface area contributed by atoms with Gasteiger partial charge in [-0.1, -0.05) is 48.0 Å². The van der Waals surface area contributed by atoms with E-state index in [0.717, 1.165) is 5.39 Å². The second kappa shape index (κ2) is 8.79. The highest BCUT2D eigenvalue weighted by Crippen LogP contribution is 2.24. The number of aryl methyl sites for hydroxylation is 1. The van der Waals surface area contributed by atoms with Gasteiger partial charge in [0, 0.05) is 44.7 Å². The smallest absolute Gasteiger partial charge is 0.292 e. The Morgan fingerprint density at radius 1 is 0.941 bits per heavy atom. The second-order valence-corrected chi connectivity index (χ2v) is 8.53. The third-order valence-electron chi connectivity index (χ3n) is 6.19. The van der Waals surface area contributed by atoms with Crippen LogP contribution in [-0.2, 0) is 7.05 Å². The summed E-state index contributed by atoms with van der Waals surface area (Å²) in [6, 6.07) is 17.9. The minimum atomic E-state index is -0.393. The second-order valence-electron chi connectivity index (χ2n) is 8.15. The maximum Gasteiger partial charge on any atom is 0.292 e. The summed E-state index contributed by atoms with van der Waals surface area (Å²) in [4.78, 5) is 42.2. The summed E-state index contributed by atoms with van der Waals surface area (Å²) in [7, 11) is 1.70. The third-order valence-corrected chi connectivity index (χ3v) is 6.55. The molecule has 5 rings (SSSR count). The molecule has 0 aliphatic carbocycles. The largest absolute Gasteiger partial charge is 0.365 e. The highest BCUT2D eigenvalue weighted by molar-refractivity contribution is 6.33. The standard InChI is InChI=1S/C25H22ClN5O3/c1-28-20-10-6-5-9-18(20)19(15-22(28)32)24(33)30-13-11-29(12-14-30)21-16-27-31(25(34)23(21)26)17-7-3-2-4-8-17/h2-10,15-16H,11-14H2,1H3. The zero-order chi connectivity index (χ0) is 23.8.